The topological polar surface area (TPSA) is 82.8 Å². The Morgan fingerprint density at radius 3 is 2.86 bits per heavy atom. The lowest BCUT2D eigenvalue weighted by Crippen LogP contribution is -1.97. The summed E-state index contributed by atoms with van der Waals surface area (Å²) >= 11 is 0. The van der Waals surface area contributed by atoms with E-state index in [4.69, 9.17) is 0 Å². The molecule has 5 nitrogen and oxygen atoms in total. The number of aliphatic hydroxyl groups excluding tert-OH is 1. The molecule has 0 saturated carbocycles. The molecule has 0 unspecified atom stereocenters. The van der Waals surface area contributed by atoms with Gasteiger partial charge in [-0.2, -0.15) is 0 Å². The summed E-state index contributed by atoms with van der Waals surface area (Å²) < 4.78 is 0. The summed E-state index contributed by atoms with van der Waals surface area (Å²) in [6.45, 7) is 2.92. The fraction of sp³-hybridized carbons (Fsp3) is 0.188. The summed E-state index contributed by atoms with van der Waals surface area (Å²) in [6.07, 6.45) is 2.97. The van der Waals surface area contributed by atoms with E-state index in [1.165, 1.54) is 19.3 Å². The maximum Gasteiger partial charge on any atom is 0.159 e. The van der Waals surface area contributed by atoms with E-state index < -0.39 is 0 Å². The second kappa shape index (κ2) is 6.28. The Bertz CT molecular complexity index is 709. The minimum absolute atomic E-state index is 0.00646. The number of Topliss-reactive ketones (excluding diaryl/α,β-unsaturated/α-hetero) is 1. The predicted molar refractivity (Wildman–Crippen MR) is 80.3 cm³/mol. The lowest BCUT2D eigenvalue weighted by Gasteiger charge is -2.07. The normalized spacial score (nSPS) is 11.0. The van der Waals surface area contributed by atoms with E-state index in [1.807, 2.05) is 0 Å². The van der Waals surface area contributed by atoms with Crippen LogP contribution in [0.5, 0.6) is 5.75 Å². The number of nitrogens with zero attached hydrogens (tertiary/aromatic N) is 2. The van der Waals surface area contributed by atoms with Gasteiger partial charge in [0.15, 0.2) is 5.78 Å². The number of benzene rings is 1. The highest BCUT2D eigenvalue weighted by Gasteiger charge is 2.09. The van der Waals surface area contributed by atoms with Crippen LogP contribution in [-0.2, 0) is 6.61 Å². The molecule has 0 amide bonds. The van der Waals surface area contributed by atoms with E-state index in [2.05, 4.69) is 9.98 Å². The van der Waals surface area contributed by atoms with Crippen molar-refractivity contribution in [3.8, 4) is 5.75 Å². The molecule has 108 valence electrons. The van der Waals surface area contributed by atoms with Gasteiger partial charge in [-0.3, -0.25) is 14.8 Å². The van der Waals surface area contributed by atoms with Crippen LogP contribution in [0.4, 0.5) is 5.69 Å². The van der Waals surface area contributed by atoms with Gasteiger partial charge in [0.05, 0.1) is 18.0 Å². The molecule has 1 heterocycles. The summed E-state index contributed by atoms with van der Waals surface area (Å²) in [5, 5.41) is 19.3. The summed E-state index contributed by atoms with van der Waals surface area (Å²) in [7, 11) is 0. The predicted octanol–water partition coefficient (Wildman–Crippen LogP) is 2.54. The third kappa shape index (κ3) is 3.32. The van der Waals surface area contributed by atoms with E-state index in [-0.39, 0.29) is 18.1 Å². The summed E-state index contributed by atoms with van der Waals surface area (Å²) in [5.74, 6) is -0.0428. The number of carbonyl (C=O) groups is 1. The van der Waals surface area contributed by atoms with Gasteiger partial charge in [0.2, 0.25) is 0 Å². The van der Waals surface area contributed by atoms with Crippen molar-refractivity contribution >= 4 is 17.7 Å². The number of hydrogen-bond donors (Lipinski definition) is 2. The second-order valence-electron chi connectivity index (χ2n) is 4.65. The molecule has 0 spiro atoms. The van der Waals surface area contributed by atoms with Crippen LogP contribution in [0.3, 0.4) is 0 Å². The minimum Gasteiger partial charge on any atom is -0.505 e. The number of aliphatic imine (C=N–C) groups is 1. The molecule has 0 atom stereocenters. The lowest BCUT2D eigenvalue weighted by atomic mass is 10.1. The van der Waals surface area contributed by atoms with Crippen LogP contribution in [0.25, 0.3) is 0 Å². The quantitative estimate of drug-likeness (QED) is 0.667. The first kappa shape index (κ1) is 14.9. The number of aliphatic hydroxyl groups is 1. The standard InChI is InChI=1S/C16H16N2O3/c1-10-16(21)15(13(9-19)7-17-10)8-18-14-5-3-4-12(6-14)11(2)20/h3-8,19,21H,9H2,1-2H3. The third-order valence-corrected chi connectivity index (χ3v) is 3.12. The van der Waals surface area contributed by atoms with Gasteiger partial charge in [-0.15, -0.1) is 0 Å². The largest absolute Gasteiger partial charge is 0.505 e. The molecular weight excluding hydrogens is 268 g/mol. The van der Waals surface area contributed by atoms with Gasteiger partial charge in [0.25, 0.3) is 0 Å². The molecular formula is C16H16N2O3. The minimum atomic E-state index is -0.240. The van der Waals surface area contributed by atoms with Gasteiger partial charge in [-0.1, -0.05) is 12.1 Å². The Kier molecular flexibility index (Phi) is 4.45. The van der Waals surface area contributed by atoms with E-state index in [9.17, 15) is 15.0 Å². The van der Waals surface area contributed by atoms with Crippen LogP contribution in [-0.4, -0.2) is 27.2 Å². The van der Waals surface area contributed by atoms with Crippen molar-refractivity contribution in [3.05, 3.63) is 52.8 Å². The average molecular weight is 284 g/mol. The Hall–Kier alpha value is -2.53. The molecule has 0 aliphatic carbocycles. The third-order valence-electron chi connectivity index (χ3n) is 3.12. The zero-order valence-electron chi connectivity index (χ0n) is 11.9. The summed E-state index contributed by atoms with van der Waals surface area (Å²) in [6, 6.07) is 6.89. The number of rotatable bonds is 4. The molecule has 0 bridgehead atoms. The summed E-state index contributed by atoms with van der Waals surface area (Å²) in [4.78, 5) is 19.6. The molecule has 0 saturated heterocycles. The van der Waals surface area contributed by atoms with Gasteiger partial charge in [-0.05, 0) is 26.0 Å². The molecule has 0 aliphatic heterocycles. The van der Waals surface area contributed by atoms with Crippen LogP contribution >= 0.6 is 0 Å². The van der Waals surface area contributed by atoms with Crippen LogP contribution in [0.2, 0.25) is 0 Å². The van der Waals surface area contributed by atoms with Gasteiger partial charge >= 0.3 is 0 Å². The van der Waals surface area contributed by atoms with Crippen LogP contribution in [0.1, 0.15) is 34.1 Å². The maximum atomic E-state index is 11.3. The van der Waals surface area contributed by atoms with E-state index >= 15 is 0 Å². The number of carbonyl (C=O) groups excluding carboxylic acids is 1. The first-order valence-electron chi connectivity index (χ1n) is 6.46. The van der Waals surface area contributed by atoms with Gasteiger partial charge < -0.3 is 10.2 Å². The Balaban J connectivity index is 2.40. The van der Waals surface area contributed by atoms with Crippen molar-refractivity contribution in [1.29, 1.82) is 0 Å². The van der Waals surface area contributed by atoms with E-state index in [0.29, 0.717) is 28.1 Å². The van der Waals surface area contributed by atoms with Crippen molar-refractivity contribution in [2.24, 2.45) is 4.99 Å². The highest BCUT2D eigenvalue weighted by atomic mass is 16.3. The highest BCUT2D eigenvalue weighted by molar-refractivity contribution is 5.95. The molecule has 1 aromatic heterocycles. The molecule has 0 fully saturated rings. The number of aromatic nitrogens is 1. The number of aryl methyl sites for hydroxylation is 1. The fourth-order valence-corrected chi connectivity index (χ4v) is 1.87. The maximum absolute atomic E-state index is 11.3. The molecule has 1 aromatic carbocycles. The lowest BCUT2D eigenvalue weighted by molar-refractivity contribution is 0.101. The average Bonchev–Trinajstić information content (AvgIpc) is 2.49. The molecule has 2 N–H and O–H groups in total. The zero-order valence-corrected chi connectivity index (χ0v) is 11.9. The van der Waals surface area contributed by atoms with Crippen LogP contribution < -0.4 is 0 Å². The number of ketones is 1. The SMILES string of the molecule is CC(=O)c1cccc(N=Cc2c(CO)cnc(C)c2O)c1. The van der Waals surface area contributed by atoms with Gasteiger partial charge in [0.1, 0.15) is 5.75 Å². The first-order chi connectivity index (χ1) is 10.0. The van der Waals surface area contributed by atoms with Crippen molar-refractivity contribution in [1.82, 2.24) is 4.98 Å². The van der Waals surface area contributed by atoms with E-state index in [0.717, 1.165) is 0 Å². The first-order valence-corrected chi connectivity index (χ1v) is 6.46. The molecule has 0 aliphatic rings. The van der Waals surface area contributed by atoms with Crippen molar-refractivity contribution in [2.75, 3.05) is 0 Å². The Morgan fingerprint density at radius 2 is 2.19 bits per heavy atom. The number of hydrogen-bond acceptors (Lipinski definition) is 5. The Morgan fingerprint density at radius 1 is 1.43 bits per heavy atom. The van der Waals surface area contributed by atoms with E-state index in [1.54, 1.807) is 31.2 Å². The zero-order chi connectivity index (χ0) is 15.4. The molecule has 0 radical (unpaired) electrons. The molecule has 2 aromatic rings. The number of pyridine rings is 1. The highest BCUT2D eigenvalue weighted by Crippen LogP contribution is 2.23. The van der Waals surface area contributed by atoms with Crippen molar-refractivity contribution in [3.63, 3.8) is 0 Å². The summed E-state index contributed by atoms with van der Waals surface area (Å²) in [5.41, 5.74) is 2.55. The second-order valence-corrected chi connectivity index (χ2v) is 4.65. The molecule has 5 heteroatoms. The fourth-order valence-electron chi connectivity index (χ4n) is 1.87. The van der Waals surface area contributed by atoms with Crippen LogP contribution in [0, 0.1) is 6.92 Å². The number of aromatic hydroxyl groups is 1. The van der Waals surface area contributed by atoms with Crippen LogP contribution in [0.15, 0.2) is 35.5 Å². The van der Waals surface area contributed by atoms with Crippen molar-refractivity contribution in [2.45, 2.75) is 20.5 Å². The van der Waals surface area contributed by atoms with Crippen molar-refractivity contribution < 1.29 is 15.0 Å². The molecule has 2 rings (SSSR count). The monoisotopic (exact) mass is 284 g/mol. The Labute approximate surface area is 122 Å². The smallest absolute Gasteiger partial charge is 0.159 e. The van der Waals surface area contributed by atoms with Gasteiger partial charge in [-0.25, -0.2) is 0 Å². The molecule has 21 heavy (non-hydrogen) atoms. The van der Waals surface area contributed by atoms with Gasteiger partial charge in [0, 0.05) is 29.1 Å².